The van der Waals surface area contributed by atoms with Crippen LogP contribution in [0.2, 0.25) is 0 Å². The molecule has 0 bridgehead atoms. The van der Waals surface area contributed by atoms with Crippen molar-refractivity contribution >= 4 is 10.0 Å². The Kier molecular flexibility index (Phi) is 5.18. The molecule has 1 fully saturated rings. The van der Waals surface area contributed by atoms with Gasteiger partial charge in [-0.15, -0.1) is 0 Å². The average Bonchev–Trinajstić information content (AvgIpc) is 2.65. The molecule has 0 saturated heterocycles. The van der Waals surface area contributed by atoms with Crippen LogP contribution in [-0.2, 0) is 15.8 Å². The highest BCUT2D eigenvalue weighted by Gasteiger charge is 2.33. The van der Waals surface area contributed by atoms with Gasteiger partial charge < -0.3 is 5.73 Å². The predicted molar refractivity (Wildman–Crippen MR) is 81.7 cm³/mol. The SMILES string of the molecule is NCC1(NS(=O)(=O)Cc2ccccc2)CCCCCC1. The lowest BCUT2D eigenvalue weighted by Crippen LogP contribution is -2.53. The molecule has 0 atom stereocenters. The number of hydrogen-bond acceptors (Lipinski definition) is 3. The smallest absolute Gasteiger partial charge is 0.216 e. The maximum absolute atomic E-state index is 12.4. The quantitative estimate of drug-likeness (QED) is 0.818. The molecular formula is C15H24N2O2S. The summed E-state index contributed by atoms with van der Waals surface area (Å²) in [5, 5.41) is 0. The fourth-order valence-electron chi connectivity index (χ4n) is 2.91. The summed E-state index contributed by atoms with van der Waals surface area (Å²) in [7, 11) is -3.35. The lowest BCUT2D eigenvalue weighted by Gasteiger charge is -2.32. The molecule has 4 nitrogen and oxygen atoms in total. The van der Waals surface area contributed by atoms with Crippen LogP contribution in [0.25, 0.3) is 0 Å². The third kappa shape index (κ3) is 4.30. The summed E-state index contributed by atoms with van der Waals surface area (Å²) in [5.41, 5.74) is 6.25. The average molecular weight is 296 g/mol. The molecule has 3 N–H and O–H groups in total. The van der Waals surface area contributed by atoms with E-state index < -0.39 is 15.6 Å². The molecule has 0 aliphatic heterocycles. The first-order valence-corrected chi connectivity index (χ1v) is 8.96. The summed E-state index contributed by atoms with van der Waals surface area (Å²) in [5.74, 6) is 0.0234. The van der Waals surface area contributed by atoms with E-state index in [4.69, 9.17) is 5.73 Å². The van der Waals surface area contributed by atoms with E-state index in [9.17, 15) is 8.42 Å². The van der Waals surface area contributed by atoms with Gasteiger partial charge in [0.15, 0.2) is 0 Å². The zero-order valence-corrected chi connectivity index (χ0v) is 12.7. The first-order valence-electron chi connectivity index (χ1n) is 7.31. The highest BCUT2D eigenvalue weighted by Crippen LogP contribution is 2.27. The molecule has 112 valence electrons. The maximum atomic E-state index is 12.4. The third-order valence-electron chi connectivity index (χ3n) is 4.02. The van der Waals surface area contributed by atoms with Crippen molar-refractivity contribution in [1.29, 1.82) is 0 Å². The van der Waals surface area contributed by atoms with Crippen LogP contribution in [0, 0.1) is 0 Å². The molecular weight excluding hydrogens is 272 g/mol. The van der Waals surface area contributed by atoms with E-state index in [1.807, 2.05) is 30.3 Å². The van der Waals surface area contributed by atoms with Crippen molar-refractivity contribution in [2.24, 2.45) is 5.73 Å². The Balaban J connectivity index is 2.09. The number of nitrogens with one attached hydrogen (secondary N) is 1. The van der Waals surface area contributed by atoms with E-state index in [1.165, 1.54) is 12.8 Å². The van der Waals surface area contributed by atoms with Crippen LogP contribution in [0.5, 0.6) is 0 Å². The largest absolute Gasteiger partial charge is 0.329 e. The van der Waals surface area contributed by atoms with Crippen LogP contribution >= 0.6 is 0 Å². The summed E-state index contributed by atoms with van der Waals surface area (Å²) in [6.07, 6.45) is 6.12. The van der Waals surface area contributed by atoms with E-state index >= 15 is 0 Å². The minimum atomic E-state index is -3.35. The van der Waals surface area contributed by atoms with Crippen molar-refractivity contribution in [1.82, 2.24) is 4.72 Å². The molecule has 0 spiro atoms. The second kappa shape index (κ2) is 6.70. The predicted octanol–water partition coefficient (Wildman–Crippen LogP) is 2.16. The van der Waals surface area contributed by atoms with Gasteiger partial charge in [-0.2, -0.15) is 0 Å². The molecule has 5 heteroatoms. The van der Waals surface area contributed by atoms with Crippen molar-refractivity contribution in [3.63, 3.8) is 0 Å². The molecule has 0 heterocycles. The molecule has 0 unspecified atom stereocenters. The molecule has 1 aliphatic carbocycles. The monoisotopic (exact) mass is 296 g/mol. The Bertz CT molecular complexity index is 506. The van der Waals surface area contributed by atoms with Gasteiger partial charge in [0.25, 0.3) is 0 Å². The first kappa shape index (κ1) is 15.5. The molecule has 0 radical (unpaired) electrons. The summed E-state index contributed by atoms with van der Waals surface area (Å²) in [6.45, 7) is 0.376. The van der Waals surface area contributed by atoms with Gasteiger partial charge in [0.2, 0.25) is 10.0 Å². The summed E-state index contributed by atoms with van der Waals surface area (Å²) >= 11 is 0. The zero-order valence-electron chi connectivity index (χ0n) is 11.8. The highest BCUT2D eigenvalue weighted by atomic mass is 32.2. The Morgan fingerprint density at radius 1 is 1.05 bits per heavy atom. The van der Waals surface area contributed by atoms with Gasteiger partial charge in [0, 0.05) is 12.1 Å². The van der Waals surface area contributed by atoms with Crippen LogP contribution in [0.3, 0.4) is 0 Å². The number of hydrogen-bond donors (Lipinski definition) is 2. The molecule has 1 aliphatic rings. The standard InChI is InChI=1S/C15H24N2O2S/c16-13-15(10-6-1-2-7-11-15)17-20(18,19)12-14-8-4-3-5-9-14/h3-5,8-9,17H,1-2,6-7,10-13,16H2. The van der Waals surface area contributed by atoms with Gasteiger partial charge in [-0.1, -0.05) is 56.0 Å². The van der Waals surface area contributed by atoms with Crippen LogP contribution in [0.15, 0.2) is 30.3 Å². The fourth-order valence-corrected chi connectivity index (χ4v) is 4.56. The molecule has 20 heavy (non-hydrogen) atoms. The fraction of sp³-hybridized carbons (Fsp3) is 0.600. The lowest BCUT2D eigenvalue weighted by molar-refractivity contribution is 0.342. The Morgan fingerprint density at radius 3 is 2.20 bits per heavy atom. The van der Waals surface area contributed by atoms with Crippen LogP contribution in [0.4, 0.5) is 0 Å². The van der Waals surface area contributed by atoms with Crippen molar-refractivity contribution in [2.45, 2.75) is 49.8 Å². The van der Waals surface area contributed by atoms with E-state index in [-0.39, 0.29) is 5.75 Å². The Hall–Kier alpha value is -0.910. The number of benzene rings is 1. The zero-order chi connectivity index (χ0) is 14.5. The Morgan fingerprint density at radius 2 is 1.65 bits per heavy atom. The van der Waals surface area contributed by atoms with Gasteiger partial charge in [-0.25, -0.2) is 13.1 Å². The number of rotatable bonds is 5. The second-order valence-corrected chi connectivity index (χ2v) is 7.47. The first-order chi connectivity index (χ1) is 9.55. The Labute approximate surface area is 121 Å². The van der Waals surface area contributed by atoms with Gasteiger partial charge in [0.1, 0.15) is 0 Å². The molecule has 0 aromatic heterocycles. The molecule has 1 aromatic carbocycles. The van der Waals surface area contributed by atoms with Crippen molar-refractivity contribution in [3.05, 3.63) is 35.9 Å². The molecule has 0 amide bonds. The van der Waals surface area contributed by atoms with Crippen molar-refractivity contribution in [2.75, 3.05) is 6.54 Å². The normalized spacial score (nSPS) is 19.4. The molecule has 2 rings (SSSR count). The van der Waals surface area contributed by atoms with Crippen molar-refractivity contribution in [3.8, 4) is 0 Å². The van der Waals surface area contributed by atoms with Gasteiger partial charge in [-0.05, 0) is 18.4 Å². The maximum Gasteiger partial charge on any atom is 0.216 e. The van der Waals surface area contributed by atoms with Crippen LogP contribution in [-0.4, -0.2) is 20.5 Å². The molecule has 1 aromatic rings. The van der Waals surface area contributed by atoms with Gasteiger partial charge >= 0.3 is 0 Å². The van der Waals surface area contributed by atoms with Gasteiger partial charge in [0.05, 0.1) is 5.75 Å². The summed E-state index contributed by atoms with van der Waals surface area (Å²) < 4.78 is 27.6. The van der Waals surface area contributed by atoms with Gasteiger partial charge in [-0.3, -0.25) is 0 Å². The summed E-state index contributed by atoms with van der Waals surface area (Å²) in [4.78, 5) is 0. The minimum absolute atomic E-state index is 0.0234. The topological polar surface area (TPSA) is 72.2 Å². The second-order valence-electron chi connectivity index (χ2n) is 5.75. The third-order valence-corrected chi connectivity index (χ3v) is 5.48. The minimum Gasteiger partial charge on any atom is -0.329 e. The van der Waals surface area contributed by atoms with Crippen LogP contribution in [0.1, 0.15) is 44.1 Å². The van der Waals surface area contributed by atoms with E-state index in [1.54, 1.807) is 0 Å². The van der Waals surface area contributed by atoms with E-state index in [2.05, 4.69) is 4.72 Å². The van der Waals surface area contributed by atoms with Crippen LogP contribution < -0.4 is 10.5 Å². The highest BCUT2D eigenvalue weighted by molar-refractivity contribution is 7.88. The molecule has 1 saturated carbocycles. The summed E-state index contributed by atoms with van der Waals surface area (Å²) in [6, 6.07) is 9.27. The van der Waals surface area contributed by atoms with E-state index in [0.717, 1.165) is 31.2 Å². The van der Waals surface area contributed by atoms with Crippen molar-refractivity contribution < 1.29 is 8.42 Å². The van der Waals surface area contributed by atoms with E-state index in [0.29, 0.717) is 6.54 Å². The lowest BCUT2D eigenvalue weighted by atomic mass is 9.92. The number of nitrogens with two attached hydrogens (primary N) is 1. The number of sulfonamides is 1.